The molecule has 0 bridgehead atoms. The third-order valence-electron chi connectivity index (χ3n) is 13.8. The average molecular weight is 866 g/mol. The molecule has 316 valence electrons. The molecular weight excluding hydrogens is 827 g/mol. The van der Waals surface area contributed by atoms with E-state index in [2.05, 4.69) is 221 Å². The molecule has 68 heavy (non-hydrogen) atoms. The zero-order valence-electron chi connectivity index (χ0n) is 36.8. The fourth-order valence-electron chi connectivity index (χ4n) is 10.7. The third-order valence-corrected chi connectivity index (χ3v) is 13.8. The molecule has 0 radical (unpaired) electrons. The second kappa shape index (κ2) is 15.2. The molecule has 0 amide bonds. The molecular formula is C63H39N5. The molecule has 11 aromatic carbocycles. The van der Waals surface area contributed by atoms with Crippen LogP contribution in [0, 0.1) is 0 Å². The Bertz CT molecular complexity index is 4250. The van der Waals surface area contributed by atoms with Gasteiger partial charge in [0, 0.05) is 38.4 Å². The van der Waals surface area contributed by atoms with Gasteiger partial charge in [0.2, 0.25) is 5.95 Å². The molecule has 0 aliphatic heterocycles. The van der Waals surface area contributed by atoms with Crippen molar-refractivity contribution in [2.75, 3.05) is 0 Å². The van der Waals surface area contributed by atoms with Crippen LogP contribution in [0.3, 0.4) is 0 Å². The lowest BCUT2D eigenvalue weighted by molar-refractivity contribution is 0.953. The molecule has 5 heteroatoms. The summed E-state index contributed by atoms with van der Waals surface area (Å²) in [6.45, 7) is 0. The number of para-hydroxylation sites is 2. The van der Waals surface area contributed by atoms with Crippen molar-refractivity contribution in [1.82, 2.24) is 24.1 Å². The fraction of sp³-hybridized carbons (Fsp3) is 0. The number of hydrogen-bond donors (Lipinski definition) is 0. The highest BCUT2D eigenvalue weighted by molar-refractivity contribution is 6.29. The zero-order valence-corrected chi connectivity index (χ0v) is 36.8. The molecule has 14 aromatic rings. The summed E-state index contributed by atoms with van der Waals surface area (Å²) >= 11 is 0. The normalized spacial score (nSPS) is 11.8. The maximum atomic E-state index is 5.28. The van der Waals surface area contributed by atoms with E-state index in [9.17, 15) is 0 Å². The second-order valence-corrected chi connectivity index (χ2v) is 17.5. The Kier molecular flexibility index (Phi) is 8.52. The van der Waals surface area contributed by atoms with Gasteiger partial charge < -0.3 is 4.57 Å². The van der Waals surface area contributed by atoms with Gasteiger partial charge in [-0.1, -0.05) is 194 Å². The summed E-state index contributed by atoms with van der Waals surface area (Å²) in [4.78, 5) is 15.6. The molecule has 0 unspecified atom stereocenters. The van der Waals surface area contributed by atoms with Crippen LogP contribution in [0.4, 0.5) is 0 Å². The van der Waals surface area contributed by atoms with E-state index < -0.39 is 0 Å². The van der Waals surface area contributed by atoms with Gasteiger partial charge in [-0.15, -0.1) is 0 Å². The molecule has 14 rings (SSSR count). The Hall–Kier alpha value is -9.19. The van der Waals surface area contributed by atoms with Crippen molar-refractivity contribution in [3.8, 4) is 56.7 Å². The Labute approximate surface area is 391 Å². The first-order chi connectivity index (χ1) is 33.7. The molecule has 0 aliphatic carbocycles. The molecule has 0 fully saturated rings. The second-order valence-electron chi connectivity index (χ2n) is 17.5. The summed E-state index contributed by atoms with van der Waals surface area (Å²) in [6, 6.07) is 84.6. The molecule has 0 aliphatic rings. The van der Waals surface area contributed by atoms with Gasteiger partial charge in [-0.05, 0) is 97.0 Å². The van der Waals surface area contributed by atoms with Gasteiger partial charge in [0.15, 0.2) is 11.6 Å². The highest BCUT2D eigenvalue weighted by Gasteiger charge is 2.23. The van der Waals surface area contributed by atoms with E-state index in [1.165, 1.54) is 59.8 Å². The van der Waals surface area contributed by atoms with Gasteiger partial charge in [0.05, 0.1) is 22.1 Å². The van der Waals surface area contributed by atoms with E-state index in [0.29, 0.717) is 17.6 Å². The first kappa shape index (κ1) is 38.1. The summed E-state index contributed by atoms with van der Waals surface area (Å²) < 4.78 is 4.63. The highest BCUT2D eigenvalue weighted by Crippen LogP contribution is 2.43. The van der Waals surface area contributed by atoms with Crippen LogP contribution in [0.15, 0.2) is 237 Å². The lowest BCUT2D eigenvalue weighted by Gasteiger charge is -2.13. The van der Waals surface area contributed by atoms with E-state index in [4.69, 9.17) is 15.0 Å². The fourth-order valence-corrected chi connectivity index (χ4v) is 10.7. The van der Waals surface area contributed by atoms with Crippen molar-refractivity contribution in [3.05, 3.63) is 237 Å². The SMILES string of the molecule is c1ccc(-c2ccc(-c3nc(-c4ccccc4)nc(-n4c5ccccc5c5c6c7ccccc7n(-c7ccc(-c8ccc9c%10ccccc%10c%10ccccc%10c9c8)cc7)c6ccc54)n3)cc2)cc1. The summed E-state index contributed by atoms with van der Waals surface area (Å²) in [5.74, 6) is 1.81. The van der Waals surface area contributed by atoms with E-state index in [0.717, 1.165) is 55.2 Å². The molecule has 0 spiro atoms. The van der Waals surface area contributed by atoms with Crippen molar-refractivity contribution >= 4 is 75.9 Å². The Morgan fingerprint density at radius 3 is 1.21 bits per heavy atom. The summed E-state index contributed by atoms with van der Waals surface area (Å²) in [7, 11) is 0. The predicted molar refractivity (Wildman–Crippen MR) is 283 cm³/mol. The van der Waals surface area contributed by atoms with Crippen LogP contribution in [0.1, 0.15) is 0 Å². The lowest BCUT2D eigenvalue weighted by atomic mass is 9.92. The van der Waals surface area contributed by atoms with E-state index in [1.807, 2.05) is 24.3 Å². The van der Waals surface area contributed by atoms with Crippen molar-refractivity contribution in [2.45, 2.75) is 0 Å². The van der Waals surface area contributed by atoms with Gasteiger partial charge in [0.1, 0.15) is 0 Å². The molecule has 3 aromatic heterocycles. The van der Waals surface area contributed by atoms with Crippen LogP contribution >= 0.6 is 0 Å². The van der Waals surface area contributed by atoms with Crippen molar-refractivity contribution in [3.63, 3.8) is 0 Å². The predicted octanol–water partition coefficient (Wildman–Crippen LogP) is 16.2. The molecule has 5 nitrogen and oxygen atoms in total. The number of hydrogen-bond acceptors (Lipinski definition) is 3. The number of aromatic nitrogens is 5. The number of fused-ring (bicyclic) bond motifs is 13. The topological polar surface area (TPSA) is 48.5 Å². The van der Waals surface area contributed by atoms with Gasteiger partial charge in [0.25, 0.3) is 0 Å². The minimum atomic E-state index is 0.570. The van der Waals surface area contributed by atoms with Crippen molar-refractivity contribution < 1.29 is 0 Å². The van der Waals surface area contributed by atoms with E-state index in [-0.39, 0.29) is 0 Å². The Balaban J connectivity index is 0.931. The van der Waals surface area contributed by atoms with Crippen molar-refractivity contribution in [1.29, 1.82) is 0 Å². The molecule has 0 saturated heterocycles. The van der Waals surface area contributed by atoms with Crippen LogP contribution < -0.4 is 0 Å². The van der Waals surface area contributed by atoms with Gasteiger partial charge in [-0.25, -0.2) is 4.98 Å². The van der Waals surface area contributed by atoms with E-state index in [1.54, 1.807) is 0 Å². The summed E-state index contributed by atoms with van der Waals surface area (Å²) in [5, 5.41) is 12.4. The minimum Gasteiger partial charge on any atom is -0.309 e. The van der Waals surface area contributed by atoms with Crippen LogP contribution in [0.25, 0.3) is 133 Å². The maximum absolute atomic E-state index is 5.28. The monoisotopic (exact) mass is 865 g/mol. The largest absolute Gasteiger partial charge is 0.309 e. The molecule has 0 saturated carbocycles. The third kappa shape index (κ3) is 5.93. The smallest absolute Gasteiger partial charge is 0.238 e. The summed E-state index contributed by atoms with van der Waals surface area (Å²) in [5.41, 5.74) is 12.0. The lowest BCUT2D eigenvalue weighted by Crippen LogP contribution is -2.06. The van der Waals surface area contributed by atoms with Crippen LogP contribution in [0.2, 0.25) is 0 Å². The minimum absolute atomic E-state index is 0.570. The van der Waals surface area contributed by atoms with Crippen LogP contribution in [0.5, 0.6) is 0 Å². The van der Waals surface area contributed by atoms with E-state index >= 15 is 0 Å². The van der Waals surface area contributed by atoms with Gasteiger partial charge in [-0.2, -0.15) is 9.97 Å². The summed E-state index contributed by atoms with van der Waals surface area (Å²) in [6.07, 6.45) is 0. The van der Waals surface area contributed by atoms with Gasteiger partial charge >= 0.3 is 0 Å². The molecule has 0 N–H and O–H groups in total. The first-order valence-electron chi connectivity index (χ1n) is 23.1. The Morgan fingerprint density at radius 2 is 0.618 bits per heavy atom. The van der Waals surface area contributed by atoms with Gasteiger partial charge in [-0.3, -0.25) is 4.57 Å². The molecule has 0 atom stereocenters. The Morgan fingerprint density at radius 1 is 0.235 bits per heavy atom. The zero-order chi connectivity index (χ0) is 44.7. The highest BCUT2D eigenvalue weighted by atomic mass is 15.2. The first-order valence-corrected chi connectivity index (χ1v) is 23.1. The number of rotatable bonds is 6. The van der Waals surface area contributed by atoms with Crippen molar-refractivity contribution in [2.24, 2.45) is 0 Å². The van der Waals surface area contributed by atoms with Crippen LogP contribution in [-0.4, -0.2) is 24.1 Å². The number of nitrogens with zero attached hydrogens (tertiary/aromatic N) is 5. The average Bonchev–Trinajstić information content (AvgIpc) is 3.94. The van der Waals surface area contributed by atoms with Crippen LogP contribution in [-0.2, 0) is 0 Å². The molecule has 3 heterocycles. The maximum Gasteiger partial charge on any atom is 0.238 e. The number of benzene rings is 11. The standard InChI is InChI=1S/C63H39N5/c1-3-15-40(16-4-1)41-27-29-44(30-28-41)62-64-61(43-17-5-2-6-18-43)65-63(66-62)68-56-26-14-12-24-53(56)60-58(68)38-37-57-59(60)52-23-11-13-25-55(52)67(57)46-34-31-42(32-35-46)45-33-36-51-49-21-8-7-19-47(49)48-20-9-10-22-50(48)54(51)39-45/h1-39H. The quantitative estimate of drug-likeness (QED) is 0.156.